The summed E-state index contributed by atoms with van der Waals surface area (Å²) in [7, 11) is 0. The van der Waals surface area contributed by atoms with Crippen LogP contribution in [0.15, 0.2) is 42.7 Å². The molecule has 0 aliphatic heterocycles. The third kappa shape index (κ3) is 3.30. The summed E-state index contributed by atoms with van der Waals surface area (Å²) >= 11 is 0. The highest BCUT2D eigenvalue weighted by Crippen LogP contribution is 2.32. The van der Waals surface area contributed by atoms with Crippen LogP contribution in [0.25, 0.3) is 11.3 Å². The van der Waals surface area contributed by atoms with E-state index < -0.39 is 23.1 Å². The number of aromatic nitrogens is 2. The average molecular weight is 357 g/mol. The number of aryl methyl sites for hydroxylation is 1. The summed E-state index contributed by atoms with van der Waals surface area (Å²) in [6.45, 7) is 1.72. The van der Waals surface area contributed by atoms with Crippen molar-refractivity contribution in [3.63, 3.8) is 0 Å². The Morgan fingerprint density at radius 2 is 1.69 bits per heavy atom. The van der Waals surface area contributed by atoms with Gasteiger partial charge in [-0.25, -0.2) is 13.8 Å². The number of nitrogens with zero attached hydrogens (tertiary/aromatic N) is 2. The fraction of sp³-hybridized carbons (Fsp3) is 0.0556. The number of anilines is 1. The van der Waals surface area contributed by atoms with Gasteiger partial charge in [-0.05, 0) is 36.8 Å². The van der Waals surface area contributed by atoms with Gasteiger partial charge in [0, 0.05) is 5.56 Å². The number of hydrogen-bond donors (Lipinski definition) is 3. The highest BCUT2D eigenvalue weighted by atomic mass is 19.1. The van der Waals surface area contributed by atoms with E-state index in [1.807, 2.05) is 0 Å². The van der Waals surface area contributed by atoms with Crippen molar-refractivity contribution in [1.82, 2.24) is 9.97 Å². The van der Waals surface area contributed by atoms with Crippen LogP contribution in [0.3, 0.4) is 0 Å². The minimum atomic E-state index is -0.985. The van der Waals surface area contributed by atoms with Gasteiger partial charge in [-0.1, -0.05) is 6.07 Å². The maximum Gasteiger partial charge on any atom is 0.262 e. The summed E-state index contributed by atoms with van der Waals surface area (Å²) < 4.78 is 27.2. The van der Waals surface area contributed by atoms with Crippen molar-refractivity contribution in [3.05, 3.63) is 65.5 Å². The van der Waals surface area contributed by atoms with Crippen molar-refractivity contribution in [3.8, 4) is 22.8 Å². The summed E-state index contributed by atoms with van der Waals surface area (Å²) in [4.78, 5) is 20.1. The number of phenols is 2. The number of benzene rings is 2. The lowest BCUT2D eigenvalue weighted by molar-refractivity contribution is 0.101. The second-order valence-corrected chi connectivity index (χ2v) is 5.49. The van der Waals surface area contributed by atoms with E-state index in [0.717, 1.165) is 18.2 Å². The lowest BCUT2D eigenvalue weighted by Gasteiger charge is -2.09. The molecule has 0 radical (unpaired) electrons. The largest absolute Gasteiger partial charge is 0.504 e. The van der Waals surface area contributed by atoms with E-state index >= 15 is 0 Å². The van der Waals surface area contributed by atoms with Crippen LogP contribution >= 0.6 is 0 Å². The molecule has 0 spiro atoms. The lowest BCUT2D eigenvalue weighted by atomic mass is 10.1. The maximum atomic E-state index is 13.6. The first-order chi connectivity index (χ1) is 12.4. The number of carbonyl (C=O) groups is 1. The van der Waals surface area contributed by atoms with Crippen LogP contribution in [0, 0.1) is 18.6 Å². The van der Waals surface area contributed by atoms with E-state index in [2.05, 4.69) is 15.3 Å². The molecule has 2 aromatic carbocycles. The zero-order valence-corrected chi connectivity index (χ0v) is 13.5. The topological polar surface area (TPSA) is 95.3 Å². The molecular weight excluding hydrogens is 344 g/mol. The Hall–Kier alpha value is -3.55. The molecular formula is C18H13F2N3O3. The molecule has 0 unspecified atom stereocenters. The van der Waals surface area contributed by atoms with Crippen molar-refractivity contribution in [2.45, 2.75) is 6.92 Å². The third-order valence-electron chi connectivity index (χ3n) is 3.68. The summed E-state index contributed by atoms with van der Waals surface area (Å²) in [5, 5.41) is 21.4. The van der Waals surface area contributed by atoms with Crippen LogP contribution in [0.2, 0.25) is 0 Å². The third-order valence-corrected chi connectivity index (χ3v) is 3.68. The molecule has 3 aromatic rings. The number of nitrogens with one attached hydrogen (secondary N) is 1. The summed E-state index contributed by atoms with van der Waals surface area (Å²) in [5.41, 5.74) is 0.858. The van der Waals surface area contributed by atoms with Crippen LogP contribution in [0.1, 0.15) is 15.9 Å². The molecule has 1 amide bonds. The average Bonchev–Trinajstić information content (AvgIpc) is 2.59. The molecule has 6 nitrogen and oxygen atoms in total. The molecule has 26 heavy (non-hydrogen) atoms. The highest BCUT2D eigenvalue weighted by Gasteiger charge is 2.18. The Labute approximate surface area is 146 Å². The van der Waals surface area contributed by atoms with Crippen molar-refractivity contribution < 1.29 is 23.8 Å². The Morgan fingerprint density at radius 1 is 1.04 bits per heavy atom. The van der Waals surface area contributed by atoms with Gasteiger partial charge >= 0.3 is 0 Å². The number of carbonyl (C=O) groups excluding carboxylic acids is 1. The number of hydrogen-bond acceptors (Lipinski definition) is 5. The van der Waals surface area contributed by atoms with Crippen molar-refractivity contribution >= 4 is 11.7 Å². The minimum absolute atomic E-state index is 0.00190. The lowest BCUT2D eigenvalue weighted by Crippen LogP contribution is -2.16. The fourth-order valence-corrected chi connectivity index (χ4v) is 2.38. The van der Waals surface area contributed by atoms with E-state index in [1.165, 1.54) is 24.5 Å². The van der Waals surface area contributed by atoms with Crippen LogP contribution in [-0.2, 0) is 0 Å². The molecule has 1 aromatic heterocycles. The monoisotopic (exact) mass is 357 g/mol. The van der Waals surface area contributed by atoms with Gasteiger partial charge in [-0.15, -0.1) is 0 Å². The van der Waals surface area contributed by atoms with E-state index in [4.69, 9.17) is 0 Å². The van der Waals surface area contributed by atoms with Gasteiger partial charge < -0.3 is 15.5 Å². The van der Waals surface area contributed by atoms with Crippen LogP contribution in [-0.4, -0.2) is 26.1 Å². The second kappa shape index (κ2) is 6.75. The molecule has 8 heteroatoms. The van der Waals surface area contributed by atoms with Gasteiger partial charge in [0.05, 0.1) is 18.1 Å². The maximum absolute atomic E-state index is 13.6. The molecule has 0 bridgehead atoms. The number of aromatic hydroxyl groups is 2. The quantitative estimate of drug-likeness (QED) is 0.625. The molecule has 0 aliphatic carbocycles. The number of amides is 1. The summed E-state index contributed by atoms with van der Waals surface area (Å²) in [6, 6.07) is 5.83. The van der Waals surface area contributed by atoms with Crippen molar-refractivity contribution in [1.29, 1.82) is 0 Å². The Balaban J connectivity index is 1.85. The first-order valence-corrected chi connectivity index (χ1v) is 7.47. The zero-order chi connectivity index (χ0) is 18.8. The Morgan fingerprint density at radius 3 is 2.31 bits per heavy atom. The molecule has 0 fully saturated rings. The SMILES string of the molecule is Cc1cc(O)c(O)cc1-c1cnc(NC(=O)c2c(F)cccc2F)cn1. The smallest absolute Gasteiger partial charge is 0.262 e. The Kier molecular flexibility index (Phi) is 4.49. The standard InChI is InChI=1S/C18H13F2N3O3/c1-9-5-14(24)15(25)6-10(9)13-7-22-16(8-21-13)23-18(26)17-11(19)3-2-4-12(17)20/h2-8,24-25H,1H3,(H,22,23,26). The van der Waals surface area contributed by atoms with Gasteiger partial charge in [0.2, 0.25) is 0 Å². The normalized spacial score (nSPS) is 10.6. The minimum Gasteiger partial charge on any atom is -0.504 e. The van der Waals surface area contributed by atoms with Gasteiger partial charge in [-0.2, -0.15) is 0 Å². The van der Waals surface area contributed by atoms with Crippen LogP contribution in [0.4, 0.5) is 14.6 Å². The van der Waals surface area contributed by atoms with Gasteiger partial charge in [0.25, 0.3) is 5.91 Å². The van der Waals surface area contributed by atoms with E-state index in [1.54, 1.807) is 6.92 Å². The zero-order valence-electron chi connectivity index (χ0n) is 13.5. The van der Waals surface area contributed by atoms with Crippen LogP contribution < -0.4 is 5.32 Å². The fourth-order valence-electron chi connectivity index (χ4n) is 2.38. The van der Waals surface area contributed by atoms with E-state index in [0.29, 0.717) is 16.8 Å². The summed E-state index contributed by atoms with van der Waals surface area (Å²) in [5.74, 6) is -3.51. The first kappa shape index (κ1) is 17.3. The molecule has 132 valence electrons. The molecule has 1 heterocycles. The van der Waals surface area contributed by atoms with E-state index in [9.17, 15) is 23.8 Å². The van der Waals surface area contributed by atoms with Gasteiger partial charge in [-0.3, -0.25) is 9.78 Å². The predicted molar refractivity (Wildman–Crippen MR) is 89.8 cm³/mol. The Bertz CT molecular complexity index is 971. The van der Waals surface area contributed by atoms with E-state index in [-0.39, 0.29) is 17.3 Å². The van der Waals surface area contributed by atoms with Crippen molar-refractivity contribution in [2.24, 2.45) is 0 Å². The molecule has 0 atom stereocenters. The summed E-state index contributed by atoms with van der Waals surface area (Å²) in [6.07, 6.45) is 2.54. The highest BCUT2D eigenvalue weighted by molar-refractivity contribution is 6.04. The van der Waals surface area contributed by atoms with Gasteiger partial charge in [0.15, 0.2) is 17.3 Å². The van der Waals surface area contributed by atoms with Crippen molar-refractivity contribution in [2.75, 3.05) is 5.32 Å². The second-order valence-electron chi connectivity index (χ2n) is 5.49. The number of halogens is 2. The van der Waals surface area contributed by atoms with Gasteiger partial charge in [0.1, 0.15) is 17.2 Å². The molecule has 0 aliphatic rings. The predicted octanol–water partition coefficient (Wildman–Crippen LogP) is 3.39. The molecule has 0 saturated carbocycles. The molecule has 0 saturated heterocycles. The molecule has 3 rings (SSSR count). The number of rotatable bonds is 3. The molecule has 3 N–H and O–H groups in total. The number of phenolic OH excluding ortho intramolecular Hbond substituents is 2. The first-order valence-electron chi connectivity index (χ1n) is 7.47. The van der Waals surface area contributed by atoms with Crippen LogP contribution in [0.5, 0.6) is 11.5 Å².